The van der Waals surface area contributed by atoms with Crippen molar-refractivity contribution >= 4 is 40.3 Å². The van der Waals surface area contributed by atoms with E-state index in [4.69, 9.17) is 12.2 Å². The molecule has 0 aliphatic carbocycles. The molecule has 6 rings (SSSR count). The zero-order chi connectivity index (χ0) is 47.9. The van der Waals surface area contributed by atoms with Crippen LogP contribution in [0.3, 0.4) is 0 Å². The molecule has 2 nitrogen and oxygen atoms in total. The van der Waals surface area contributed by atoms with Gasteiger partial charge in [-0.05, 0) is 64.3 Å². The molecule has 5 aromatic carbocycles. The summed E-state index contributed by atoms with van der Waals surface area (Å²) in [6.07, 6.45) is -5.68. The van der Waals surface area contributed by atoms with Crippen molar-refractivity contribution in [2.45, 2.75) is 79.1 Å². The van der Waals surface area contributed by atoms with Gasteiger partial charge in [0.05, 0.1) is 11.4 Å². The molecular formula is C45H35BF15N2S-. The minimum Gasteiger partial charge on any atom is -0.326 e. The van der Waals surface area contributed by atoms with E-state index in [9.17, 15) is 13.2 Å². The summed E-state index contributed by atoms with van der Waals surface area (Å²) in [5.74, 6) is -48.6. The van der Waals surface area contributed by atoms with Crippen LogP contribution in [0.1, 0.15) is 101 Å². The first kappa shape index (κ1) is 48.0. The summed E-state index contributed by atoms with van der Waals surface area (Å²) in [7, 11) is 0. The lowest BCUT2D eigenvalue weighted by Crippen LogP contribution is -2.80. The maximum Gasteiger partial charge on any atom is 0.200 e. The lowest BCUT2D eigenvalue weighted by Gasteiger charge is -2.45. The third kappa shape index (κ3) is 6.94. The van der Waals surface area contributed by atoms with Gasteiger partial charge in [-0.25, -0.2) is 65.9 Å². The molecule has 6 aromatic rings. The highest BCUT2D eigenvalue weighted by Gasteiger charge is 2.51. The number of benzene rings is 5. The number of hydrogen-bond donors (Lipinski definition) is 0. The fourth-order valence-electron chi connectivity index (χ4n) is 8.60. The van der Waals surface area contributed by atoms with E-state index in [1.807, 2.05) is 0 Å². The molecule has 1 aromatic heterocycles. The van der Waals surface area contributed by atoms with Crippen molar-refractivity contribution in [1.82, 2.24) is 9.13 Å². The molecule has 0 radical (unpaired) electrons. The zero-order valence-corrected chi connectivity index (χ0v) is 35.7. The Bertz CT molecular complexity index is 2650. The van der Waals surface area contributed by atoms with Gasteiger partial charge < -0.3 is 4.57 Å². The van der Waals surface area contributed by atoms with Crippen molar-refractivity contribution < 1.29 is 65.9 Å². The summed E-state index contributed by atoms with van der Waals surface area (Å²) in [5.41, 5.74) is -9.01. The van der Waals surface area contributed by atoms with Gasteiger partial charge in [0.15, 0.2) is 57.1 Å². The molecule has 0 unspecified atom stereocenters. The van der Waals surface area contributed by atoms with Crippen LogP contribution in [0.15, 0.2) is 42.6 Å². The van der Waals surface area contributed by atoms with E-state index in [1.165, 1.54) is 18.2 Å². The Morgan fingerprint density at radius 2 is 0.609 bits per heavy atom. The summed E-state index contributed by atoms with van der Waals surface area (Å²) in [6.45, 7) is 13.0. The summed E-state index contributed by atoms with van der Waals surface area (Å²) < 4.78 is 243. The molecule has 19 heteroatoms. The van der Waals surface area contributed by atoms with E-state index in [1.54, 1.807) is 73.6 Å². The Balaban J connectivity index is 2.21. The minimum atomic E-state index is -6.23. The average Bonchev–Trinajstić information content (AvgIpc) is 3.59. The maximum atomic E-state index is 17.0. The van der Waals surface area contributed by atoms with Gasteiger partial charge in [-0.15, -0.1) is 22.0 Å². The lowest BCUT2D eigenvalue weighted by atomic mass is 9.13. The number of hydrogen-bond acceptors (Lipinski definition) is 1. The van der Waals surface area contributed by atoms with Crippen LogP contribution >= 0.6 is 12.2 Å². The minimum absolute atomic E-state index is 0.0440. The molecule has 0 saturated carbocycles. The standard InChI is InChI=1S/C45H35BF15N2S/c1-16(2)20-11-9-12-21(17(3)4)43(20)62-15-24(63(45(62)64)44-22(18(5)6)13-10-14-23(44)19(7)8)46(25-28(47)34(53)40(59)35(54)29(25)48,26-30(49)36(55)41(60)37(56)31(26)50)27-32(51)38(57)42(61)39(58)33(27)52/h9-19H,1-8H3/q-1. The number of aromatic nitrogens is 2. The molecule has 0 N–H and O–H groups in total. The van der Waals surface area contributed by atoms with E-state index < -0.39 is 144 Å². The number of rotatable bonds is 10. The Kier molecular flexibility index (Phi) is 12.9. The summed E-state index contributed by atoms with van der Waals surface area (Å²) >= 11 is 6.04. The highest BCUT2D eigenvalue weighted by molar-refractivity contribution is 7.71. The Labute approximate surface area is 361 Å². The van der Waals surface area contributed by atoms with E-state index in [0.717, 1.165) is 4.57 Å². The van der Waals surface area contributed by atoms with Crippen molar-refractivity contribution in [3.63, 3.8) is 0 Å². The van der Waals surface area contributed by atoms with Gasteiger partial charge in [0, 0.05) is 0 Å². The third-order valence-electron chi connectivity index (χ3n) is 11.5. The molecule has 0 fully saturated rings. The van der Waals surface area contributed by atoms with Gasteiger partial charge in [0.2, 0.25) is 0 Å². The largest absolute Gasteiger partial charge is 0.326 e. The van der Waals surface area contributed by atoms with E-state index >= 15 is 52.7 Å². The molecule has 0 spiro atoms. The predicted octanol–water partition coefficient (Wildman–Crippen LogP) is 12.0. The fraction of sp³-hybridized carbons (Fsp3) is 0.267. The molecule has 64 heavy (non-hydrogen) atoms. The van der Waals surface area contributed by atoms with E-state index in [0.29, 0.717) is 21.9 Å². The molecule has 340 valence electrons. The normalized spacial score (nSPS) is 12.3. The topological polar surface area (TPSA) is 9.86 Å². The molecular weight excluding hydrogens is 896 g/mol. The molecule has 0 amide bonds. The maximum absolute atomic E-state index is 17.0. The Morgan fingerprint density at radius 1 is 0.375 bits per heavy atom. The van der Waals surface area contributed by atoms with Crippen molar-refractivity contribution in [2.24, 2.45) is 0 Å². The first-order valence-electron chi connectivity index (χ1n) is 19.6. The second-order valence-electron chi connectivity index (χ2n) is 16.5. The van der Waals surface area contributed by atoms with Crippen molar-refractivity contribution in [2.75, 3.05) is 0 Å². The first-order valence-corrected chi connectivity index (χ1v) is 20.0. The zero-order valence-electron chi connectivity index (χ0n) is 34.9. The first-order chi connectivity index (χ1) is 29.8. The monoisotopic (exact) mass is 931 g/mol. The number of para-hydroxylation sites is 2. The van der Waals surface area contributed by atoms with E-state index in [2.05, 4.69) is 0 Å². The molecule has 0 aliphatic heterocycles. The summed E-state index contributed by atoms with van der Waals surface area (Å²) in [4.78, 5) is 0. The molecule has 1 heterocycles. The van der Waals surface area contributed by atoms with Crippen LogP contribution in [-0.4, -0.2) is 15.3 Å². The van der Waals surface area contributed by atoms with Crippen LogP contribution in [0.2, 0.25) is 0 Å². The van der Waals surface area contributed by atoms with Gasteiger partial charge in [-0.2, -0.15) is 0 Å². The van der Waals surface area contributed by atoms with Gasteiger partial charge >= 0.3 is 0 Å². The van der Waals surface area contributed by atoms with Crippen LogP contribution in [0.25, 0.3) is 11.4 Å². The second-order valence-corrected chi connectivity index (χ2v) is 16.9. The molecule has 0 saturated heterocycles. The van der Waals surface area contributed by atoms with Crippen LogP contribution < -0.4 is 22.0 Å². The Morgan fingerprint density at radius 3 is 0.859 bits per heavy atom. The predicted molar refractivity (Wildman–Crippen MR) is 215 cm³/mol. The quantitative estimate of drug-likeness (QED) is 0.0437. The van der Waals surface area contributed by atoms with Gasteiger partial charge in [-0.1, -0.05) is 91.8 Å². The molecule has 0 atom stereocenters. The van der Waals surface area contributed by atoms with Crippen molar-refractivity contribution in [3.8, 4) is 11.4 Å². The molecule has 0 aliphatic rings. The summed E-state index contributed by atoms with van der Waals surface area (Å²) in [6, 6.07) is 9.05. The van der Waals surface area contributed by atoms with Gasteiger partial charge in [0.25, 0.3) is 0 Å². The fourth-order valence-corrected chi connectivity index (χ4v) is 8.94. The summed E-state index contributed by atoms with van der Waals surface area (Å²) in [5, 5.41) is 0. The third-order valence-corrected chi connectivity index (χ3v) is 11.9. The SMILES string of the molecule is CC(C)c1cccc(C(C)C)c1-n1cc([B-](c2c(F)c(F)c(F)c(F)c2F)(c2c(F)c(F)c(F)c(F)c2F)c2c(F)c(F)c(F)c(F)c2F)n(-c2c(C(C)C)cccc2C(C)C)c1=S. The molecule has 0 bridgehead atoms. The highest BCUT2D eigenvalue weighted by atomic mass is 32.1. The van der Waals surface area contributed by atoms with Crippen LogP contribution in [0, 0.1) is 92.0 Å². The van der Waals surface area contributed by atoms with Crippen molar-refractivity contribution in [3.05, 3.63) is 157 Å². The highest BCUT2D eigenvalue weighted by Crippen LogP contribution is 2.37. The van der Waals surface area contributed by atoms with Crippen LogP contribution in [0.4, 0.5) is 65.9 Å². The lowest BCUT2D eigenvalue weighted by molar-refractivity contribution is 0.380. The van der Waals surface area contributed by atoms with Gasteiger partial charge in [-0.3, -0.25) is 4.57 Å². The number of nitrogens with zero attached hydrogens (tertiary/aromatic N) is 2. The Hall–Kier alpha value is -5.46. The number of imidazole rings is 1. The smallest absolute Gasteiger partial charge is 0.200 e. The van der Waals surface area contributed by atoms with Crippen LogP contribution in [-0.2, 0) is 0 Å². The van der Waals surface area contributed by atoms with E-state index in [-0.39, 0.29) is 22.5 Å². The second kappa shape index (κ2) is 17.2. The van der Waals surface area contributed by atoms with Crippen LogP contribution in [0.5, 0.6) is 0 Å². The van der Waals surface area contributed by atoms with Crippen molar-refractivity contribution in [1.29, 1.82) is 0 Å². The van der Waals surface area contributed by atoms with Gasteiger partial charge in [0.1, 0.15) is 41.0 Å². The average molecular weight is 932 g/mol. The number of halogens is 15.